The van der Waals surface area contributed by atoms with E-state index in [0.29, 0.717) is 41.9 Å². The molecule has 2 aliphatic heterocycles. The fourth-order valence-electron chi connectivity index (χ4n) is 5.42. The molecule has 1 aliphatic carbocycles. The summed E-state index contributed by atoms with van der Waals surface area (Å²) in [5.41, 5.74) is 6.55. The monoisotopic (exact) mass is 560 g/mol. The molecule has 1 atom stereocenters. The van der Waals surface area contributed by atoms with E-state index in [4.69, 9.17) is 24.9 Å². The first-order valence-electron chi connectivity index (χ1n) is 13.9. The van der Waals surface area contributed by atoms with Crippen LogP contribution in [0.1, 0.15) is 75.0 Å². The van der Waals surface area contributed by atoms with Gasteiger partial charge < -0.3 is 30.2 Å². The van der Waals surface area contributed by atoms with Crippen molar-refractivity contribution in [1.29, 1.82) is 0 Å². The summed E-state index contributed by atoms with van der Waals surface area (Å²) in [5, 5.41) is 4.85. The van der Waals surface area contributed by atoms with E-state index in [1.807, 2.05) is 40.7 Å². The number of esters is 1. The lowest BCUT2D eigenvalue weighted by atomic mass is 9.84. The van der Waals surface area contributed by atoms with Crippen molar-refractivity contribution < 1.29 is 23.8 Å². The summed E-state index contributed by atoms with van der Waals surface area (Å²) in [6.07, 6.45) is 4.80. The number of hydrogen-bond acceptors (Lipinski definition) is 10. The molecule has 1 saturated heterocycles. The van der Waals surface area contributed by atoms with Crippen molar-refractivity contribution in [3.63, 3.8) is 0 Å². The van der Waals surface area contributed by atoms with Gasteiger partial charge in [-0.1, -0.05) is 6.92 Å². The van der Waals surface area contributed by atoms with Crippen LogP contribution in [0.3, 0.4) is 0 Å². The molecule has 0 unspecified atom stereocenters. The van der Waals surface area contributed by atoms with Crippen molar-refractivity contribution >= 4 is 34.3 Å². The van der Waals surface area contributed by atoms with Crippen LogP contribution in [0.5, 0.6) is 5.88 Å². The highest BCUT2D eigenvalue weighted by atomic mass is 16.6. The summed E-state index contributed by atoms with van der Waals surface area (Å²) in [6.45, 7) is 10.6. The lowest BCUT2D eigenvalue weighted by Crippen LogP contribution is -2.59. The second kappa shape index (κ2) is 9.35. The van der Waals surface area contributed by atoms with E-state index in [-0.39, 0.29) is 23.9 Å². The lowest BCUT2D eigenvalue weighted by molar-refractivity contribution is -0.153. The highest BCUT2D eigenvalue weighted by molar-refractivity contribution is 5.93. The van der Waals surface area contributed by atoms with Crippen LogP contribution in [0, 0.1) is 0 Å². The van der Waals surface area contributed by atoms with Crippen molar-refractivity contribution in [2.24, 2.45) is 5.73 Å². The summed E-state index contributed by atoms with van der Waals surface area (Å²) >= 11 is 0. The number of carbonyl (C=O) groups excluding carboxylic acids is 2. The van der Waals surface area contributed by atoms with Crippen LogP contribution in [0.4, 0.5) is 11.6 Å². The maximum Gasteiger partial charge on any atom is 0.340 e. The highest BCUT2D eigenvalue weighted by Gasteiger charge is 2.54. The Balaban J connectivity index is 1.26. The number of pyridine rings is 3. The molecular weight excluding hydrogens is 524 g/mol. The number of nitrogens with one attached hydrogen (secondary N) is 1. The predicted octanol–water partition coefficient (Wildman–Crippen LogP) is 3.78. The number of amides is 1. The van der Waals surface area contributed by atoms with Crippen molar-refractivity contribution in [3.05, 3.63) is 47.4 Å². The number of nitrogens with zero attached hydrogens (tertiary/aromatic N) is 4. The molecule has 0 aromatic carbocycles. The fraction of sp³-hybridized carbons (Fsp3) is 0.500. The Kier molecular flexibility index (Phi) is 6.24. The summed E-state index contributed by atoms with van der Waals surface area (Å²) < 4.78 is 17.3. The molecule has 216 valence electrons. The third kappa shape index (κ3) is 4.76. The van der Waals surface area contributed by atoms with E-state index >= 15 is 0 Å². The smallest absolute Gasteiger partial charge is 0.340 e. The van der Waals surface area contributed by atoms with Gasteiger partial charge >= 0.3 is 5.97 Å². The molecule has 3 aromatic heterocycles. The van der Waals surface area contributed by atoms with Crippen molar-refractivity contribution in [1.82, 2.24) is 19.9 Å². The second-order valence-corrected chi connectivity index (χ2v) is 12.4. The van der Waals surface area contributed by atoms with E-state index in [9.17, 15) is 9.59 Å². The molecule has 5 heterocycles. The maximum atomic E-state index is 12.7. The molecular formula is C30H36N6O5. The minimum Gasteiger partial charge on any atom is -0.470 e. The molecule has 3 aromatic rings. The van der Waals surface area contributed by atoms with Gasteiger partial charge in [-0.3, -0.25) is 4.79 Å². The van der Waals surface area contributed by atoms with Gasteiger partial charge in [0.05, 0.1) is 29.7 Å². The van der Waals surface area contributed by atoms with Gasteiger partial charge in [0.15, 0.2) is 0 Å². The molecule has 2 fully saturated rings. The average Bonchev–Trinajstić information content (AvgIpc) is 3.69. The predicted molar refractivity (Wildman–Crippen MR) is 152 cm³/mol. The van der Waals surface area contributed by atoms with Crippen LogP contribution < -0.4 is 15.8 Å². The van der Waals surface area contributed by atoms with Gasteiger partial charge in [-0.2, -0.15) is 0 Å². The summed E-state index contributed by atoms with van der Waals surface area (Å²) in [5.74, 6) is 1.15. The van der Waals surface area contributed by atoms with Crippen LogP contribution in [0.15, 0.2) is 30.6 Å². The normalized spacial score (nSPS) is 21.1. The number of hydrogen-bond donors (Lipinski definition) is 2. The minimum absolute atomic E-state index is 0.0286. The SMILES string of the molecule is COC1(C(=O)N2CC(Oc3ncc(C(C)(C)N)c4cc(Nc5ccc6c(n5)[C@@H](C)C(C)(C)OC6=O)ncc34)C2)CC1. The van der Waals surface area contributed by atoms with Gasteiger partial charge in [0.25, 0.3) is 5.91 Å². The third-order valence-corrected chi connectivity index (χ3v) is 8.54. The van der Waals surface area contributed by atoms with Gasteiger partial charge in [-0.15, -0.1) is 0 Å². The molecule has 6 rings (SSSR count). The number of carbonyl (C=O) groups is 2. The average molecular weight is 561 g/mol. The molecule has 3 N–H and O–H groups in total. The molecule has 1 amide bonds. The number of likely N-dealkylation sites (tertiary alicyclic amines) is 1. The standard InChI is InChI=1S/C30H36N6O5/c1-16-24-18(26(37)41-29(16,4)5)7-8-22(35-24)34-23-11-19-20(12-32-23)25(33-13-21(19)28(2,3)31)40-17-14-36(15-17)27(38)30(39-6)9-10-30/h7-8,11-13,16-17H,9-10,14-15,31H2,1-6H3,(H,32,34,35)/t16-/m1/s1. The number of ether oxygens (including phenoxy) is 3. The lowest BCUT2D eigenvalue weighted by Gasteiger charge is -2.40. The second-order valence-electron chi connectivity index (χ2n) is 12.4. The van der Waals surface area contributed by atoms with Crippen LogP contribution in [-0.4, -0.2) is 69.2 Å². The number of fused-ring (bicyclic) bond motifs is 2. The molecule has 11 heteroatoms. The summed E-state index contributed by atoms with van der Waals surface area (Å²) in [6, 6.07) is 5.38. The number of cyclic esters (lactones) is 1. The molecule has 3 aliphatic rings. The molecule has 0 bridgehead atoms. The van der Waals surface area contributed by atoms with Crippen molar-refractivity contribution in [2.75, 3.05) is 25.5 Å². The highest BCUT2D eigenvalue weighted by Crippen LogP contribution is 2.42. The van der Waals surface area contributed by atoms with Gasteiger partial charge in [-0.05, 0) is 69.7 Å². The first-order chi connectivity index (χ1) is 19.3. The Morgan fingerprint density at radius 1 is 1.15 bits per heavy atom. The van der Waals surface area contributed by atoms with Crippen LogP contribution in [-0.2, 0) is 19.8 Å². The van der Waals surface area contributed by atoms with Gasteiger partial charge in [-0.25, -0.2) is 19.7 Å². The van der Waals surface area contributed by atoms with E-state index in [0.717, 1.165) is 29.2 Å². The van der Waals surface area contributed by atoms with E-state index in [2.05, 4.69) is 15.3 Å². The fourth-order valence-corrected chi connectivity index (χ4v) is 5.42. The van der Waals surface area contributed by atoms with Crippen LogP contribution in [0.2, 0.25) is 0 Å². The number of aromatic nitrogens is 3. The Labute approximate surface area is 238 Å². The summed E-state index contributed by atoms with van der Waals surface area (Å²) in [7, 11) is 1.59. The zero-order valence-corrected chi connectivity index (χ0v) is 24.3. The minimum atomic E-state index is -0.674. The zero-order chi connectivity index (χ0) is 29.3. The Morgan fingerprint density at radius 3 is 2.54 bits per heavy atom. The van der Waals surface area contributed by atoms with Crippen LogP contribution >= 0.6 is 0 Å². The first-order valence-corrected chi connectivity index (χ1v) is 13.9. The van der Waals surface area contributed by atoms with Gasteiger partial charge in [0.2, 0.25) is 5.88 Å². The Morgan fingerprint density at radius 2 is 1.88 bits per heavy atom. The molecule has 0 spiro atoms. The summed E-state index contributed by atoms with van der Waals surface area (Å²) in [4.78, 5) is 40.9. The van der Waals surface area contributed by atoms with E-state index in [1.54, 1.807) is 36.5 Å². The van der Waals surface area contributed by atoms with E-state index < -0.39 is 16.7 Å². The maximum absolute atomic E-state index is 12.7. The van der Waals surface area contributed by atoms with Gasteiger partial charge in [0, 0.05) is 31.0 Å². The van der Waals surface area contributed by atoms with E-state index in [1.165, 1.54) is 0 Å². The molecule has 1 saturated carbocycles. The van der Waals surface area contributed by atoms with Crippen LogP contribution in [0.25, 0.3) is 10.8 Å². The number of nitrogens with two attached hydrogens (primary N) is 1. The van der Waals surface area contributed by atoms with Crippen molar-refractivity contribution in [2.45, 2.75) is 76.2 Å². The number of methoxy groups -OCH3 is 1. The Bertz CT molecular complexity index is 1550. The largest absolute Gasteiger partial charge is 0.470 e. The first kappa shape index (κ1) is 27.3. The molecule has 41 heavy (non-hydrogen) atoms. The third-order valence-electron chi connectivity index (χ3n) is 8.54. The number of rotatable bonds is 7. The van der Waals surface area contributed by atoms with Crippen molar-refractivity contribution in [3.8, 4) is 5.88 Å². The number of anilines is 2. The topological polar surface area (TPSA) is 142 Å². The molecule has 0 radical (unpaired) electrons. The van der Waals surface area contributed by atoms with Gasteiger partial charge in [0.1, 0.15) is 28.9 Å². The quantitative estimate of drug-likeness (QED) is 0.410. The zero-order valence-electron chi connectivity index (χ0n) is 24.3. The Hall–Kier alpha value is -3.83. The molecule has 11 nitrogen and oxygen atoms in total.